The lowest BCUT2D eigenvalue weighted by molar-refractivity contribution is 0.190. The third-order valence-corrected chi connectivity index (χ3v) is 1.55. The molecule has 1 nitrogen and oxygen atoms in total. The van der Waals surface area contributed by atoms with Gasteiger partial charge in [0.05, 0.1) is 0 Å². The summed E-state index contributed by atoms with van der Waals surface area (Å²) in [6, 6.07) is 5.72. The fourth-order valence-corrected chi connectivity index (χ4v) is 0.922. The molecule has 0 saturated carbocycles. The maximum Gasteiger partial charge on any atom is 0.228 e. The van der Waals surface area contributed by atoms with E-state index in [4.69, 9.17) is 4.74 Å². The average molecular weight is 154 g/mol. The van der Waals surface area contributed by atoms with Crippen LogP contribution in [-0.2, 0) is 0 Å². The molecule has 0 aliphatic carbocycles. The lowest BCUT2D eigenvalue weighted by atomic mass is 10.1. The van der Waals surface area contributed by atoms with Crippen molar-refractivity contribution in [3.05, 3.63) is 29.3 Å². The highest BCUT2D eigenvalue weighted by Gasteiger charge is 1.97. The number of ether oxygens (including phenoxy) is 1. The second-order valence-electron chi connectivity index (χ2n) is 2.52. The van der Waals surface area contributed by atoms with Crippen molar-refractivity contribution in [3.63, 3.8) is 0 Å². The predicted molar refractivity (Wildman–Crippen MR) is 42.5 cm³/mol. The standard InChI is InChI=1S/C9H11FO/c1-7-3-4-8(2)9(5-7)11-6-10/h3-5H,6H2,1-2H3. The lowest BCUT2D eigenvalue weighted by Gasteiger charge is -2.05. The highest BCUT2D eigenvalue weighted by Crippen LogP contribution is 2.18. The molecule has 0 saturated heterocycles. The smallest absolute Gasteiger partial charge is 0.228 e. The highest BCUT2D eigenvalue weighted by atomic mass is 19.1. The van der Waals surface area contributed by atoms with Crippen molar-refractivity contribution in [2.75, 3.05) is 6.86 Å². The minimum Gasteiger partial charge on any atom is -0.463 e. The normalized spacial score (nSPS) is 9.73. The van der Waals surface area contributed by atoms with Crippen molar-refractivity contribution >= 4 is 0 Å². The van der Waals surface area contributed by atoms with Crippen LogP contribution >= 0.6 is 0 Å². The van der Waals surface area contributed by atoms with Gasteiger partial charge in [0, 0.05) is 0 Å². The summed E-state index contributed by atoms with van der Waals surface area (Å²) in [5, 5.41) is 0. The molecule has 0 aliphatic heterocycles. The third-order valence-electron chi connectivity index (χ3n) is 1.55. The van der Waals surface area contributed by atoms with Gasteiger partial charge in [-0.15, -0.1) is 0 Å². The van der Waals surface area contributed by atoms with Crippen LogP contribution in [0.3, 0.4) is 0 Å². The fraction of sp³-hybridized carbons (Fsp3) is 0.333. The molecule has 0 radical (unpaired) electrons. The number of halogens is 1. The molecule has 1 aromatic rings. The van der Waals surface area contributed by atoms with Crippen molar-refractivity contribution in [2.24, 2.45) is 0 Å². The molecule has 0 spiro atoms. The van der Waals surface area contributed by atoms with Crippen LogP contribution in [0.5, 0.6) is 5.75 Å². The topological polar surface area (TPSA) is 9.23 Å². The van der Waals surface area contributed by atoms with E-state index >= 15 is 0 Å². The van der Waals surface area contributed by atoms with Gasteiger partial charge in [0.1, 0.15) is 5.75 Å². The van der Waals surface area contributed by atoms with Crippen LogP contribution in [-0.4, -0.2) is 6.86 Å². The zero-order valence-corrected chi connectivity index (χ0v) is 6.73. The van der Waals surface area contributed by atoms with Crippen LogP contribution in [0.1, 0.15) is 11.1 Å². The fourth-order valence-electron chi connectivity index (χ4n) is 0.922. The zero-order valence-electron chi connectivity index (χ0n) is 6.73. The molecule has 0 bridgehead atoms. The van der Waals surface area contributed by atoms with E-state index in [1.807, 2.05) is 32.0 Å². The molecule has 0 N–H and O–H groups in total. The summed E-state index contributed by atoms with van der Waals surface area (Å²) in [4.78, 5) is 0. The van der Waals surface area contributed by atoms with E-state index in [9.17, 15) is 4.39 Å². The Balaban J connectivity index is 2.93. The Labute approximate surface area is 65.8 Å². The van der Waals surface area contributed by atoms with Crippen molar-refractivity contribution in [1.82, 2.24) is 0 Å². The highest BCUT2D eigenvalue weighted by molar-refractivity contribution is 5.35. The van der Waals surface area contributed by atoms with Crippen LogP contribution in [0.4, 0.5) is 4.39 Å². The van der Waals surface area contributed by atoms with Crippen molar-refractivity contribution in [1.29, 1.82) is 0 Å². The van der Waals surface area contributed by atoms with Gasteiger partial charge in [0.15, 0.2) is 0 Å². The maximum atomic E-state index is 11.8. The van der Waals surface area contributed by atoms with Gasteiger partial charge >= 0.3 is 0 Å². The predicted octanol–water partition coefficient (Wildman–Crippen LogP) is 2.61. The average Bonchev–Trinajstić information content (AvgIpc) is 1.98. The Morgan fingerprint density at radius 2 is 2.09 bits per heavy atom. The summed E-state index contributed by atoms with van der Waals surface area (Å²) in [6.07, 6.45) is 0. The molecule has 0 heterocycles. The Morgan fingerprint density at radius 3 is 2.73 bits per heavy atom. The Hall–Kier alpha value is -1.05. The van der Waals surface area contributed by atoms with Crippen LogP contribution in [0.25, 0.3) is 0 Å². The van der Waals surface area contributed by atoms with Crippen molar-refractivity contribution in [2.45, 2.75) is 13.8 Å². The Bertz CT molecular complexity index is 245. The SMILES string of the molecule is Cc1ccc(C)c(OCF)c1. The molecule has 2 heteroatoms. The number of benzene rings is 1. The molecule has 0 unspecified atom stereocenters. The van der Waals surface area contributed by atoms with Crippen LogP contribution < -0.4 is 4.74 Å². The summed E-state index contributed by atoms with van der Waals surface area (Å²) >= 11 is 0. The number of aryl methyl sites for hydroxylation is 2. The Kier molecular flexibility index (Phi) is 2.47. The molecule has 0 atom stereocenters. The van der Waals surface area contributed by atoms with Gasteiger partial charge in [0.25, 0.3) is 0 Å². The molecule has 0 aromatic heterocycles. The molecule has 11 heavy (non-hydrogen) atoms. The second kappa shape index (κ2) is 3.37. The largest absolute Gasteiger partial charge is 0.463 e. The van der Waals surface area contributed by atoms with E-state index < -0.39 is 6.86 Å². The van der Waals surface area contributed by atoms with Gasteiger partial charge in [-0.05, 0) is 31.0 Å². The van der Waals surface area contributed by atoms with Gasteiger partial charge in [-0.25, -0.2) is 4.39 Å². The molecule has 0 amide bonds. The summed E-state index contributed by atoms with van der Waals surface area (Å²) < 4.78 is 16.5. The van der Waals surface area contributed by atoms with Gasteiger partial charge in [-0.3, -0.25) is 0 Å². The zero-order chi connectivity index (χ0) is 8.27. The number of hydrogen-bond donors (Lipinski definition) is 0. The Morgan fingerprint density at radius 1 is 1.36 bits per heavy atom. The van der Waals surface area contributed by atoms with E-state index in [0.717, 1.165) is 11.1 Å². The molecule has 0 aliphatic rings. The van der Waals surface area contributed by atoms with Gasteiger partial charge in [-0.2, -0.15) is 0 Å². The minimum absolute atomic E-state index is 0.632. The minimum atomic E-state index is -0.760. The molecular formula is C9H11FO. The van der Waals surface area contributed by atoms with Gasteiger partial charge < -0.3 is 4.74 Å². The molecule has 60 valence electrons. The first kappa shape index (κ1) is 8.05. The van der Waals surface area contributed by atoms with Crippen LogP contribution in [0.2, 0.25) is 0 Å². The van der Waals surface area contributed by atoms with E-state index in [1.54, 1.807) is 0 Å². The summed E-state index contributed by atoms with van der Waals surface area (Å²) in [7, 11) is 0. The van der Waals surface area contributed by atoms with E-state index in [0.29, 0.717) is 5.75 Å². The number of hydrogen-bond acceptors (Lipinski definition) is 1. The van der Waals surface area contributed by atoms with E-state index in [2.05, 4.69) is 0 Å². The second-order valence-corrected chi connectivity index (χ2v) is 2.52. The first-order valence-electron chi connectivity index (χ1n) is 3.50. The van der Waals surface area contributed by atoms with Crippen molar-refractivity contribution < 1.29 is 9.13 Å². The quantitative estimate of drug-likeness (QED) is 0.636. The van der Waals surface area contributed by atoms with Crippen LogP contribution in [0, 0.1) is 13.8 Å². The summed E-state index contributed by atoms with van der Waals surface area (Å²) in [5.41, 5.74) is 2.05. The first-order valence-corrected chi connectivity index (χ1v) is 3.50. The van der Waals surface area contributed by atoms with E-state index in [-0.39, 0.29) is 0 Å². The molecule has 1 rings (SSSR count). The number of rotatable bonds is 2. The first-order chi connectivity index (χ1) is 5.24. The summed E-state index contributed by atoms with van der Waals surface area (Å²) in [6.45, 7) is 3.08. The lowest BCUT2D eigenvalue weighted by Crippen LogP contribution is -1.92. The molecule has 1 aromatic carbocycles. The van der Waals surface area contributed by atoms with E-state index in [1.165, 1.54) is 0 Å². The summed E-state index contributed by atoms with van der Waals surface area (Å²) in [5.74, 6) is 0.632. The van der Waals surface area contributed by atoms with Gasteiger partial charge in [0.2, 0.25) is 6.86 Å². The monoisotopic (exact) mass is 154 g/mol. The number of alkyl halides is 1. The van der Waals surface area contributed by atoms with Crippen molar-refractivity contribution in [3.8, 4) is 5.75 Å². The maximum absolute atomic E-state index is 11.8. The molecule has 0 fully saturated rings. The molecular weight excluding hydrogens is 143 g/mol. The van der Waals surface area contributed by atoms with Crippen LogP contribution in [0.15, 0.2) is 18.2 Å². The third kappa shape index (κ3) is 1.93. The van der Waals surface area contributed by atoms with Gasteiger partial charge in [-0.1, -0.05) is 12.1 Å².